The van der Waals surface area contributed by atoms with Crippen LogP contribution in [0.15, 0.2) is 22.0 Å². The number of aliphatic hydroxyl groups excluding tert-OH is 1. The van der Waals surface area contributed by atoms with Gasteiger partial charge in [-0.25, -0.2) is 24.7 Å². The van der Waals surface area contributed by atoms with Crippen molar-refractivity contribution in [3.8, 4) is 0 Å². The maximum Gasteiger partial charge on any atom is 1.00 e. The number of alkyl halides is 3. The zero-order valence-electron chi connectivity index (χ0n) is 24.6. The van der Waals surface area contributed by atoms with Crippen molar-refractivity contribution >= 4 is 125 Å². The van der Waals surface area contributed by atoms with Gasteiger partial charge in [0, 0.05) is 15.1 Å². The number of hydrogen-bond donors (Lipinski definition) is 1. The normalized spacial score (nSPS) is 8.73. The van der Waals surface area contributed by atoms with Gasteiger partial charge in [-0.2, -0.15) is 0 Å². The summed E-state index contributed by atoms with van der Waals surface area (Å²) in [4.78, 5) is 31.4. The molecule has 0 radical (unpaired) electrons. The minimum absolute atomic E-state index is 0. The van der Waals surface area contributed by atoms with Crippen LogP contribution in [0.2, 0.25) is 0 Å². The molecular formula is C24H38AlBr2Cl2LiN4O3S4. The monoisotopic (exact) mass is 820 g/mol. The molecule has 0 aliphatic heterocycles. The summed E-state index contributed by atoms with van der Waals surface area (Å²) in [5.74, 6) is -0.271. The van der Waals surface area contributed by atoms with Gasteiger partial charge in [0.15, 0.2) is 17.4 Å². The molecule has 4 aromatic heterocycles. The third-order valence-electron chi connectivity index (χ3n) is 4.33. The summed E-state index contributed by atoms with van der Waals surface area (Å²) < 4.78 is 4.80. The van der Waals surface area contributed by atoms with Crippen molar-refractivity contribution in [3.05, 3.63) is 64.3 Å². The molecule has 0 aromatic carbocycles. The van der Waals surface area contributed by atoms with E-state index in [0.29, 0.717) is 11.5 Å². The van der Waals surface area contributed by atoms with Gasteiger partial charge in [-0.3, -0.25) is 0 Å². The molecule has 4 aromatic rings. The Morgan fingerprint density at radius 2 is 1.24 bits per heavy atom. The van der Waals surface area contributed by atoms with Crippen LogP contribution in [0.25, 0.3) is 0 Å². The Morgan fingerprint density at radius 3 is 1.46 bits per heavy atom. The summed E-state index contributed by atoms with van der Waals surface area (Å²) in [5.41, 5.74) is 11.2. The maximum atomic E-state index is 11.1. The van der Waals surface area contributed by atoms with Gasteiger partial charge in [0.2, 0.25) is 0 Å². The second-order valence-corrected chi connectivity index (χ2v) is 11.9. The zero-order valence-corrected chi connectivity index (χ0v) is 31.6. The smallest absolute Gasteiger partial charge is 1.00 e. The van der Waals surface area contributed by atoms with Crippen LogP contribution in [0.4, 0.5) is 0 Å². The van der Waals surface area contributed by atoms with Gasteiger partial charge in [-0.05, 0) is 41.0 Å². The van der Waals surface area contributed by atoms with E-state index in [4.69, 9.17) is 33.0 Å². The fourth-order valence-electron chi connectivity index (χ4n) is 2.29. The molecule has 0 saturated heterocycles. The molecule has 0 saturated carbocycles. The first-order valence-corrected chi connectivity index (χ1v) is 16.9. The fourth-order valence-corrected chi connectivity index (χ4v) is 5.78. The summed E-state index contributed by atoms with van der Waals surface area (Å²) in [6, 6.07) is 0. The molecule has 0 bridgehead atoms. The van der Waals surface area contributed by atoms with E-state index >= 15 is 0 Å². The molecule has 0 spiro atoms. The second kappa shape index (κ2) is 30.6. The maximum absolute atomic E-state index is 11.1. The molecule has 0 aliphatic rings. The summed E-state index contributed by atoms with van der Waals surface area (Å²) in [7, 11) is 0. The van der Waals surface area contributed by atoms with Crippen LogP contribution in [-0.4, -0.2) is 60.3 Å². The van der Waals surface area contributed by atoms with Crippen LogP contribution >= 0.6 is 101 Å². The van der Waals surface area contributed by atoms with Gasteiger partial charge in [0.25, 0.3) is 0 Å². The Hall–Kier alpha value is 0.620. The standard InChI is InChI=1S/C7H9NO2S.C6H9NS.C5H6BrNS.C5H7NOS.CH2Cl2.Al.BrH.Li.4H/c1-3-10-7(9)6-5(2)8-4-11-6;1-3-6-5(2)7-4-8-6;1-4-5(2-6)8-3-7-4;1-4-5(2-7)8-3-6-4;2-1-3;;;;;;;/h4H,3H2,1-2H3;4H,3H2,1-2H3;3H,2H2,1H3;3,7H,2H2,1H3;1H2;;1H;;;;;/q;;;;;;;+1;;;;-1. The van der Waals surface area contributed by atoms with Crippen LogP contribution in [0.5, 0.6) is 0 Å². The zero-order chi connectivity index (χ0) is 28.9. The van der Waals surface area contributed by atoms with Crippen LogP contribution in [0, 0.1) is 27.7 Å². The van der Waals surface area contributed by atoms with Gasteiger partial charge in [-0.15, -0.1) is 85.5 Å². The third-order valence-corrected chi connectivity index (χ3v) is 9.10. The number of aliphatic hydroxyl groups is 1. The average Bonchev–Trinajstić information content (AvgIpc) is 3.70. The van der Waals surface area contributed by atoms with E-state index in [1.54, 1.807) is 47.5 Å². The molecule has 0 atom stereocenters. The van der Waals surface area contributed by atoms with Gasteiger partial charge in [-0.1, -0.05) is 22.9 Å². The Morgan fingerprint density at radius 1 is 0.854 bits per heavy atom. The van der Waals surface area contributed by atoms with E-state index in [2.05, 4.69) is 49.7 Å². The molecule has 0 unspecified atom stereocenters. The van der Waals surface area contributed by atoms with Crippen LogP contribution < -0.4 is 18.9 Å². The third kappa shape index (κ3) is 21.1. The average molecular weight is 823 g/mol. The number of hydrogen-bond acceptors (Lipinski definition) is 11. The molecule has 0 aliphatic carbocycles. The number of aryl methyl sites for hydroxylation is 5. The second-order valence-electron chi connectivity index (χ2n) is 6.82. The summed E-state index contributed by atoms with van der Waals surface area (Å²) in [5, 5.41) is 9.71. The van der Waals surface area contributed by atoms with E-state index in [-0.39, 0.29) is 72.5 Å². The van der Waals surface area contributed by atoms with Crippen LogP contribution in [0.3, 0.4) is 0 Å². The molecule has 228 valence electrons. The predicted octanol–water partition coefficient (Wildman–Crippen LogP) is 4.86. The molecule has 4 heterocycles. The largest absolute Gasteiger partial charge is 1.00 e. The molecule has 1 N–H and O–H groups in total. The first-order chi connectivity index (χ1) is 18.2. The predicted molar refractivity (Wildman–Crippen MR) is 189 cm³/mol. The summed E-state index contributed by atoms with van der Waals surface area (Å²) in [6.45, 7) is 12.2. The molecule has 0 fully saturated rings. The van der Waals surface area contributed by atoms with Crippen LogP contribution in [-0.2, 0) is 23.1 Å². The van der Waals surface area contributed by atoms with Gasteiger partial charge >= 0.3 is 24.8 Å². The Balaban J connectivity index is -0.000000137. The number of aromatic nitrogens is 4. The van der Waals surface area contributed by atoms with Crippen molar-refractivity contribution in [2.45, 2.75) is 59.9 Å². The Kier molecular flexibility index (Phi) is 36.3. The molecule has 7 nitrogen and oxygen atoms in total. The number of ether oxygens (including phenoxy) is 1. The van der Waals surface area contributed by atoms with Crippen molar-refractivity contribution in [1.82, 2.24) is 19.9 Å². The quantitative estimate of drug-likeness (QED) is 0.175. The van der Waals surface area contributed by atoms with E-state index in [1.165, 1.54) is 38.1 Å². The number of carbonyl (C=O) groups excluding carboxylic acids is 1. The van der Waals surface area contributed by atoms with E-state index in [1.807, 2.05) is 24.9 Å². The van der Waals surface area contributed by atoms with Gasteiger partial charge in [0.05, 0.1) is 68.2 Å². The first kappa shape index (κ1) is 48.5. The number of thiazole rings is 4. The number of halogens is 4. The number of carbonyl (C=O) groups is 1. The number of rotatable bonds is 5. The number of esters is 1. The van der Waals surface area contributed by atoms with Gasteiger partial charge < -0.3 is 11.3 Å². The molecular weight excluding hydrogens is 785 g/mol. The van der Waals surface area contributed by atoms with Crippen molar-refractivity contribution in [3.63, 3.8) is 0 Å². The van der Waals surface area contributed by atoms with Crippen LogP contribution in [0.1, 0.15) is 62.4 Å². The summed E-state index contributed by atoms with van der Waals surface area (Å²) >= 11 is 19.1. The van der Waals surface area contributed by atoms with Gasteiger partial charge in [0.1, 0.15) is 4.88 Å². The van der Waals surface area contributed by atoms with Crippen molar-refractivity contribution < 1.29 is 34.9 Å². The molecule has 4 rings (SSSR count). The van der Waals surface area contributed by atoms with E-state index < -0.39 is 0 Å². The summed E-state index contributed by atoms with van der Waals surface area (Å²) in [6.07, 6.45) is 1.12. The SMILES string of the molecule is Br.CCOC(=O)c1scnc1C.CCc1scnc1C.Cc1ncsc1CBr.Cc1ncsc1CO.ClCCl.[AlH3].[H-].[Li+]. The topological polar surface area (TPSA) is 98.1 Å². The van der Waals surface area contributed by atoms with E-state index in [9.17, 15) is 4.79 Å². The first-order valence-electron chi connectivity index (χ1n) is 11.2. The Labute approximate surface area is 312 Å². The van der Waals surface area contributed by atoms with Crippen molar-refractivity contribution in [2.75, 3.05) is 11.9 Å². The molecule has 41 heavy (non-hydrogen) atoms. The molecule has 0 amide bonds. The van der Waals surface area contributed by atoms with E-state index in [0.717, 1.165) is 33.7 Å². The van der Waals surface area contributed by atoms with Crippen molar-refractivity contribution in [1.29, 1.82) is 0 Å². The fraction of sp³-hybridized carbons (Fsp3) is 0.458. The minimum Gasteiger partial charge on any atom is -1.00 e. The Bertz CT molecular complexity index is 1080. The van der Waals surface area contributed by atoms with Crippen molar-refractivity contribution in [2.24, 2.45) is 0 Å². The molecule has 17 heteroatoms. The minimum atomic E-state index is -0.271. The number of nitrogens with zero attached hydrogens (tertiary/aromatic N) is 4.